The SMILES string of the molecule is Cc1cc(OCC(=O)Nc2ncc(C3CCNCC3)s2)cc(C)c1Cl. The number of nitrogens with zero attached hydrogens (tertiary/aromatic N) is 1. The summed E-state index contributed by atoms with van der Waals surface area (Å²) in [7, 11) is 0. The second-order valence-corrected chi connectivity index (χ2v) is 7.74. The smallest absolute Gasteiger partial charge is 0.264 e. The van der Waals surface area contributed by atoms with E-state index in [1.54, 1.807) is 11.3 Å². The van der Waals surface area contributed by atoms with Crippen molar-refractivity contribution in [3.05, 3.63) is 39.4 Å². The third-order valence-electron chi connectivity index (χ3n) is 4.29. The van der Waals surface area contributed by atoms with Crippen molar-refractivity contribution in [2.24, 2.45) is 0 Å². The molecule has 1 amide bonds. The lowest BCUT2D eigenvalue weighted by atomic mass is 9.97. The number of nitrogens with one attached hydrogen (secondary N) is 2. The number of carbonyl (C=O) groups is 1. The van der Waals surface area contributed by atoms with E-state index in [9.17, 15) is 4.79 Å². The van der Waals surface area contributed by atoms with Crippen molar-refractivity contribution in [3.63, 3.8) is 0 Å². The lowest BCUT2D eigenvalue weighted by molar-refractivity contribution is -0.118. The van der Waals surface area contributed by atoms with Gasteiger partial charge in [0.05, 0.1) is 0 Å². The maximum Gasteiger partial charge on any atom is 0.264 e. The minimum absolute atomic E-state index is 0.0528. The Balaban J connectivity index is 1.53. The first-order valence-corrected chi connectivity index (χ1v) is 9.58. The maximum absolute atomic E-state index is 12.1. The number of anilines is 1. The molecule has 5 nitrogen and oxygen atoms in total. The molecule has 0 saturated carbocycles. The minimum Gasteiger partial charge on any atom is -0.484 e. The van der Waals surface area contributed by atoms with Crippen LogP contribution in [0.3, 0.4) is 0 Å². The number of piperidine rings is 1. The number of benzene rings is 1. The summed E-state index contributed by atoms with van der Waals surface area (Å²) in [5.74, 6) is 0.973. The van der Waals surface area contributed by atoms with E-state index < -0.39 is 0 Å². The monoisotopic (exact) mass is 379 g/mol. The van der Waals surface area contributed by atoms with Gasteiger partial charge in [0.25, 0.3) is 5.91 Å². The van der Waals surface area contributed by atoms with E-state index >= 15 is 0 Å². The van der Waals surface area contributed by atoms with Gasteiger partial charge in [-0.15, -0.1) is 11.3 Å². The molecule has 0 spiro atoms. The third kappa shape index (κ3) is 4.71. The molecule has 3 rings (SSSR count). The number of hydrogen-bond acceptors (Lipinski definition) is 5. The fourth-order valence-corrected chi connectivity index (χ4v) is 4.04. The van der Waals surface area contributed by atoms with Crippen LogP contribution in [0.25, 0.3) is 0 Å². The zero-order valence-electron chi connectivity index (χ0n) is 14.4. The molecule has 1 saturated heterocycles. The lowest BCUT2D eigenvalue weighted by Crippen LogP contribution is -2.26. The van der Waals surface area contributed by atoms with Crippen LogP contribution in [-0.4, -0.2) is 30.6 Å². The number of halogens is 1. The van der Waals surface area contributed by atoms with E-state index in [0.29, 0.717) is 16.8 Å². The van der Waals surface area contributed by atoms with Gasteiger partial charge in [-0.2, -0.15) is 0 Å². The van der Waals surface area contributed by atoms with Crippen molar-refractivity contribution >= 4 is 34.0 Å². The fourth-order valence-electron chi connectivity index (χ4n) is 2.93. The van der Waals surface area contributed by atoms with Crippen LogP contribution in [-0.2, 0) is 4.79 Å². The molecule has 1 aromatic carbocycles. The molecule has 0 bridgehead atoms. The molecular weight excluding hydrogens is 358 g/mol. The van der Waals surface area contributed by atoms with Crippen LogP contribution >= 0.6 is 22.9 Å². The van der Waals surface area contributed by atoms with E-state index in [1.165, 1.54) is 4.88 Å². The zero-order valence-corrected chi connectivity index (χ0v) is 16.0. The average Bonchev–Trinajstić information content (AvgIpc) is 3.07. The van der Waals surface area contributed by atoms with Crippen LogP contribution < -0.4 is 15.4 Å². The van der Waals surface area contributed by atoms with Crippen LogP contribution in [0.4, 0.5) is 5.13 Å². The van der Waals surface area contributed by atoms with Gasteiger partial charge in [-0.3, -0.25) is 10.1 Å². The summed E-state index contributed by atoms with van der Waals surface area (Å²) in [4.78, 5) is 17.7. The molecule has 2 N–H and O–H groups in total. The molecule has 0 atom stereocenters. The summed E-state index contributed by atoms with van der Waals surface area (Å²) >= 11 is 7.69. The Bertz CT molecular complexity index is 734. The standard InChI is InChI=1S/C18H22ClN3O2S/c1-11-7-14(8-12(2)17(11)19)24-10-16(23)22-18-21-9-15(25-18)13-3-5-20-6-4-13/h7-9,13,20H,3-6,10H2,1-2H3,(H,21,22,23). The summed E-state index contributed by atoms with van der Waals surface area (Å²) in [6.07, 6.45) is 4.12. The Labute approximate surface area is 156 Å². The van der Waals surface area contributed by atoms with E-state index in [2.05, 4.69) is 15.6 Å². The first-order chi connectivity index (χ1) is 12.0. The molecule has 2 heterocycles. The van der Waals surface area contributed by atoms with Crippen LogP contribution in [0.5, 0.6) is 5.75 Å². The van der Waals surface area contributed by atoms with E-state index in [4.69, 9.17) is 16.3 Å². The van der Waals surface area contributed by atoms with Gasteiger partial charge in [0.1, 0.15) is 5.75 Å². The number of carbonyl (C=O) groups excluding carboxylic acids is 1. The van der Waals surface area contributed by atoms with Gasteiger partial charge < -0.3 is 10.1 Å². The van der Waals surface area contributed by atoms with Crippen molar-refractivity contribution in [3.8, 4) is 5.75 Å². The highest BCUT2D eigenvalue weighted by Crippen LogP contribution is 2.31. The summed E-state index contributed by atoms with van der Waals surface area (Å²) in [5.41, 5.74) is 1.87. The van der Waals surface area contributed by atoms with Crippen LogP contribution in [0, 0.1) is 13.8 Å². The predicted octanol–water partition coefficient (Wildman–Crippen LogP) is 3.90. The summed E-state index contributed by atoms with van der Waals surface area (Å²) in [6, 6.07) is 3.67. The lowest BCUT2D eigenvalue weighted by Gasteiger charge is -2.20. The number of aryl methyl sites for hydroxylation is 2. The van der Waals surface area contributed by atoms with Crippen LogP contribution in [0.15, 0.2) is 18.3 Å². The molecule has 0 radical (unpaired) electrons. The number of hydrogen-bond donors (Lipinski definition) is 2. The maximum atomic E-state index is 12.1. The quantitative estimate of drug-likeness (QED) is 0.827. The average molecular weight is 380 g/mol. The van der Waals surface area contributed by atoms with Gasteiger partial charge in [-0.1, -0.05) is 11.6 Å². The van der Waals surface area contributed by atoms with Gasteiger partial charge in [-0.05, 0) is 69.0 Å². The molecule has 7 heteroatoms. The fraction of sp³-hybridized carbons (Fsp3) is 0.444. The molecule has 2 aromatic rings. The predicted molar refractivity (Wildman–Crippen MR) is 102 cm³/mol. The molecule has 1 fully saturated rings. The second kappa shape index (κ2) is 8.17. The third-order valence-corrected chi connectivity index (χ3v) is 5.96. The van der Waals surface area contributed by atoms with Crippen molar-refractivity contribution in [1.29, 1.82) is 0 Å². The number of aromatic nitrogens is 1. The topological polar surface area (TPSA) is 63.2 Å². The van der Waals surface area contributed by atoms with Crippen molar-refractivity contribution in [2.45, 2.75) is 32.6 Å². The molecule has 25 heavy (non-hydrogen) atoms. The number of thiazole rings is 1. The summed E-state index contributed by atoms with van der Waals surface area (Å²) in [5, 5.41) is 7.53. The summed E-state index contributed by atoms with van der Waals surface area (Å²) < 4.78 is 5.58. The van der Waals surface area contributed by atoms with Crippen LogP contribution in [0.2, 0.25) is 5.02 Å². The van der Waals surface area contributed by atoms with Crippen molar-refractivity contribution in [2.75, 3.05) is 25.0 Å². The molecule has 0 unspecified atom stereocenters. The molecule has 1 aliphatic rings. The van der Waals surface area contributed by atoms with Crippen molar-refractivity contribution in [1.82, 2.24) is 10.3 Å². The first kappa shape index (κ1) is 18.2. The Hall–Kier alpha value is -1.63. The summed E-state index contributed by atoms with van der Waals surface area (Å²) in [6.45, 7) is 5.86. The van der Waals surface area contributed by atoms with Crippen molar-refractivity contribution < 1.29 is 9.53 Å². The highest BCUT2D eigenvalue weighted by molar-refractivity contribution is 7.15. The molecule has 1 aliphatic heterocycles. The highest BCUT2D eigenvalue weighted by atomic mass is 35.5. The van der Waals surface area contributed by atoms with Gasteiger partial charge in [-0.25, -0.2) is 4.98 Å². The van der Waals surface area contributed by atoms with Gasteiger partial charge >= 0.3 is 0 Å². The molecule has 0 aliphatic carbocycles. The highest BCUT2D eigenvalue weighted by Gasteiger charge is 2.18. The van der Waals surface area contributed by atoms with Gasteiger partial charge in [0, 0.05) is 16.1 Å². The van der Waals surface area contributed by atoms with Gasteiger partial charge in [0.15, 0.2) is 11.7 Å². The minimum atomic E-state index is -0.212. The largest absolute Gasteiger partial charge is 0.484 e. The normalized spacial score (nSPS) is 15.2. The zero-order chi connectivity index (χ0) is 17.8. The van der Waals surface area contributed by atoms with E-state index in [0.717, 1.165) is 42.1 Å². The molecular formula is C18H22ClN3O2S. The number of rotatable bonds is 5. The van der Waals surface area contributed by atoms with E-state index in [-0.39, 0.29) is 12.5 Å². The van der Waals surface area contributed by atoms with E-state index in [1.807, 2.05) is 32.2 Å². The molecule has 1 aromatic heterocycles. The van der Waals surface area contributed by atoms with Gasteiger partial charge in [0.2, 0.25) is 0 Å². The first-order valence-electron chi connectivity index (χ1n) is 8.39. The second-order valence-electron chi connectivity index (χ2n) is 6.30. The number of ether oxygens (including phenoxy) is 1. The van der Waals surface area contributed by atoms with Crippen LogP contribution in [0.1, 0.15) is 34.8 Å². The Kier molecular flexibility index (Phi) is 5.93. The number of amides is 1. The Morgan fingerprint density at radius 2 is 2.04 bits per heavy atom. The Morgan fingerprint density at radius 1 is 1.36 bits per heavy atom. The molecule has 134 valence electrons. The Morgan fingerprint density at radius 3 is 2.72 bits per heavy atom.